The van der Waals surface area contributed by atoms with Crippen LogP contribution in [0.1, 0.15) is 70.6 Å². The third-order valence-corrected chi connectivity index (χ3v) is 3.51. The topological polar surface area (TPSA) is 43.1 Å². The van der Waals surface area contributed by atoms with Crippen LogP contribution in [-0.2, 0) is 4.79 Å². The van der Waals surface area contributed by atoms with E-state index in [0.717, 1.165) is 50.6 Å². The summed E-state index contributed by atoms with van der Waals surface area (Å²) in [5.41, 5.74) is 6.56. The average molecular weight is 237 g/mol. The zero-order chi connectivity index (χ0) is 12.3. The Hall–Kier alpha value is -0.630. The van der Waals surface area contributed by atoms with E-state index in [-0.39, 0.29) is 0 Å². The van der Waals surface area contributed by atoms with E-state index in [2.05, 4.69) is 6.08 Å². The Bertz CT molecular complexity index is 245. The molecule has 0 saturated carbocycles. The molecule has 0 saturated heterocycles. The SMILES string of the molecule is NCCCCCCC(=O)C1=CCCCCCC1. The lowest BCUT2D eigenvalue weighted by Crippen LogP contribution is -2.04. The van der Waals surface area contributed by atoms with Crippen molar-refractivity contribution >= 4 is 5.78 Å². The number of allylic oxidation sites excluding steroid dienone is 2. The normalized spacial score (nSPS) is 17.1. The zero-order valence-corrected chi connectivity index (χ0v) is 11.0. The molecule has 17 heavy (non-hydrogen) atoms. The molecule has 0 heterocycles. The molecule has 0 amide bonds. The Morgan fingerprint density at radius 3 is 2.65 bits per heavy atom. The van der Waals surface area contributed by atoms with Crippen molar-refractivity contribution in [2.24, 2.45) is 5.73 Å². The summed E-state index contributed by atoms with van der Waals surface area (Å²) in [4.78, 5) is 12.0. The average Bonchev–Trinajstić information content (AvgIpc) is 2.28. The minimum Gasteiger partial charge on any atom is -0.330 e. The molecule has 98 valence electrons. The number of carbonyl (C=O) groups is 1. The fourth-order valence-corrected chi connectivity index (χ4v) is 2.39. The van der Waals surface area contributed by atoms with Crippen LogP contribution in [0.2, 0.25) is 0 Å². The Labute approximate surface area is 106 Å². The summed E-state index contributed by atoms with van der Waals surface area (Å²) in [6, 6.07) is 0. The van der Waals surface area contributed by atoms with E-state index in [0.29, 0.717) is 5.78 Å². The maximum Gasteiger partial charge on any atom is 0.158 e. The summed E-state index contributed by atoms with van der Waals surface area (Å²) in [6.07, 6.45) is 14.6. The second-order valence-electron chi connectivity index (χ2n) is 5.06. The highest BCUT2D eigenvalue weighted by Crippen LogP contribution is 2.19. The molecule has 1 aliphatic carbocycles. The molecule has 0 atom stereocenters. The third-order valence-electron chi connectivity index (χ3n) is 3.51. The molecule has 1 rings (SSSR count). The second kappa shape index (κ2) is 9.41. The van der Waals surface area contributed by atoms with Crippen LogP contribution in [0.15, 0.2) is 11.6 Å². The van der Waals surface area contributed by atoms with Crippen LogP contribution < -0.4 is 5.73 Å². The number of ketones is 1. The Morgan fingerprint density at radius 2 is 1.82 bits per heavy atom. The lowest BCUT2D eigenvalue weighted by atomic mass is 9.95. The lowest BCUT2D eigenvalue weighted by molar-refractivity contribution is -0.115. The third kappa shape index (κ3) is 6.62. The van der Waals surface area contributed by atoms with E-state index in [9.17, 15) is 4.79 Å². The van der Waals surface area contributed by atoms with Crippen LogP contribution in [-0.4, -0.2) is 12.3 Å². The highest BCUT2D eigenvalue weighted by atomic mass is 16.1. The van der Waals surface area contributed by atoms with Gasteiger partial charge in [-0.15, -0.1) is 0 Å². The molecule has 0 aromatic rings. The molecular formula is C15H27NO. The molecule has 2 nitrogen and oxygen atoms in total. The van der Waals surface area contributed by atoms with Crippen LogP contribution >= 0.6 is 0 Å². The summed E-state index contributed by atoms with van der Waals surface area (Å²) in [5.74, 6) is 0.402. The maximum atomic E-state index is 12.0. The van der Waals surface area contributed by atoms with E-state index < -0.39 is 0 Å². The van der Waals surface area contributed by atoms with E-state index in [1.165, 1.54) is 32.1 Å². The highest BCUT2D eigenvalue weighted by molar-refractivity contribution is 5.95. The van der Waals surface area contributed by atoms with Gasteiger partial charge in [-0.1, -0.05) is 31.8 Å². The maximum absolute atomic E-state index is 12.0. The summed E-state index contributed by atoms with van der Waals surface area (Å²) < 4.78 is 0. The summed E-state index contributed by atoms with van der Waals surface area (Å²) in [6.45, 7) is 0.777. The Morgan fingerprint density at radius 1 is 1.06 bits per heavy atom. The molecule has 0 spiro atoms. The van der Waals surface area contributed by atoms with E-state index in [1.54, 1.807) is 0 Å². The fraction of sp³-hybridized carbons (Fsp3) is 0.800. The molecule has 1 aliphatic rings. The van der Waals surface area contributed by atoms with Crippen LogP contribution in [0, 0.1) is 0 Å². The predicted octanol–water partition coefficient (Wildman–Crippen LogP) is 3.75. The molecular weight excluding hydrogens is 210 g/mol. The van der Waals surface area contributed by atoms with Crippen molar-refractivity contribution < 1.29 is 4.79 Å². The highest BCUT2D eigenvalue weighted by Gasteiger charge is 2.10. The van der Waals surface area contributed by atoms with Gasteiger partial charge in [0.15, 0.2) is 5.78 Å². The van der Waals surface area contributed by atoms with Gasteiger partial charge in [0.2, 0.25) is 0 Å². The van der Waals surface area contributed by atoms with Crippen LogP contribution in [0.3, 0.4) is 0 Å². The first-order valence-electron chi connectivity index (χ1n) is 7.27. The quantitative estimate of drug-likeness (QED) is 0.685. The second-order valence-corrected chi connectivity index (χ2v) is 5.06. The van der Waals surface area contributed by atoms with Crippen molar-refractivity contribution in [3.05, 3.63) is 11.6 Å². The van der Waals surface area contributed by atoms with Crippen molar-refractivity contribution in [2.75, 3.05) is 6.54 Å². The van der Waals surface area contributed by atoms with Gasteiger partial charge in [-0.05, 0) is 50.6 Å². The molecule has 0 unspecified atom stereocenters. The minimum absolute atomic E-state index is 0.402. The number of hydrogen-bond donors (Lipinski definition) is 1. The Balaban J connectivity index is 2.20. The van der Waals surface area contributed by atoms with Gasteiger partial charge in [0.1, 0.15) is 0 Å². The number of carbonyl (C=O) groups excluding carboxylic acids is 1. The number of nitrogens with two attached hydrogens (primary N) is 1. The van der Waals surface area contributed by atoms with Gasteiger partial charge in [0, 0.05) is 6.42 Å². The van der Waals surface area contributed by atoms with Crippen molar-refractivity contribution in [2.45, 2.75) is 70.6 Å². The fourth-order valence-electron chi connectivity index (χ4n) is 2.39. The van der Waals surface area contributed by atoms with E-state index in [4.69, 9.17) is 5.73 Å². The van der Waals surface area contributed by atoms with Crippen molar-refractivity contribution in [3.63, 3.8) is 0 Å². The number of unbranched alkanes of at least 4 members (excludes halogenated alkanes) is 3. The van der Waals surface area contributed by atoms with Crippen LogP contribution in [0.5, 0.6) is 0 Å². The van der Waals surface area contributed by atoms with Gasteiger partial charge in [-0.3, -0.25) is 4.79 Å². The molecule has 0 radical (unpaired) electrons. The summed E-state index contributed by atoms with van der Waals surface area (Å²) in [7, 11) is 0. The number of hydrogen-bond acceptors (Lipinski definition) is 2. The number of Topliss-reactive ketones (excluding diaryl/α,β-unsaturated/α-hetero) is 1. The molecule has 0 aromatic carbocycles. The first-order valence-corrected chi connectivity index (χ1v) is 7.27. The van der Waals surface area contributed by atoms with Crippen molar-refractivity contribution in [3.8, 4) is 0 Å². The molecule has 0 aromatic heterocycles. The van der Waals surface area contributed by atoms with E-state index >= 15 is 0 Å². The molecule has 0 aliphatic heterocycles. The van der Waals surface area contributed by atoms with Crippen LogP contribution in [0.4, 0.5) is 0 Å². The van der Waals surface area contributed by atoms with Gasteiger partial charge in [-0.2, -0.15) is 0 Å². The van der Waals surface area contributed by atoms with Gasteiger partial charge in [-0.25, -0.2) is 0 Å². The van der Waals surface area contributed by atoms with E-state index in [1.807, 2.05) is 0 Å². The molecule has 2 heteroatoms. The molecule has 2 N–H and O–H groups in total. The first-order chi connectivity index (χ1) is 8.34. The molecule has 0 bridgehead atoms. The standard InChI is InChI=1S/C15H27NO/c16-13-9-5-4-8-12-15(17)14-10-6-2-1-3-7-11-14/h10H,1-9,11-13,16H2. The smallest absolute Gasteiger partial charge is 0.158 e. The van der Waals surface area contributed by atoms with Gasteiger partial charge >= 0.3 is 0 Å². The summed E-state index contributed by atoms with van der Waals surface area (Å²) in [5, 5.41) is 0. The van der Waals surface area contributed by atoms with Crippen molar-refractivity contribution in [1.82, 2.24) is 0 Å². The zero-order valence-electron chi connectivity index (χ0n) is 11.0. The monoisotopic (exact) mass is 237 g/mol. The van der Waals surface area contributed by atoms with Crippen molar-refractivity contribution in [1.29, 1.82) is 0 Å². The largest absolute Gasteiger partial charge is 0.330 e. The Kier molecular flexibility index (Phi) is 7.98. The van der Waals surface area contributed by atoms with Gasteiger partial charge in [0.25, 0.3) is 0 Å². The number of rotatable bonds is 7. The van der Waals surface area contributed by atoms with Gasteiger partial charge in [0.05, 0.1) is 0 Å². The van der Waals surface area contributed by atoms with Crippen LogP contribution in [0.25, 0.3) is 0 Å². The lowest BCUT2D eigenvalue weighted by Gasteiger charge is -2.10. The minimum atomic E-state index is 0.402. The molecule has 0 fully saturated rings. The summed E-state index contributed by atoms with van der Waals surface area (Å²) >= 11 is 0. The van der Waals surface area contributed by atoms with Gasteiger partial charge < -0.3 is 5.73 Å². The first kappa shape index (κ1) is 14.4. The predicted molar refractivity (Wildman–Crippen MR) is 72.9 cm³/mol.